The average Bonchev–Trinajstić information content (AvgIpc) is 2.90. The van der Waals surface area contributed by atoms with Crippen LogP contribution in [0.1, 0.15) is 11.1 Å². The predicted molar refractivity (Wildman–Crippen MR) is 137 cm³/mol. The number of nitrogens with zero attached hydrogens (tertiary/aromatic N) is 2. The van der Waals surface area contributed by atoms with Crippen LogP contribution in [0.25, 0.3) is 53.9 Å². The average molecular weight is 438 g/mol. The number of hydrogen-bond donors (Lipinski definition) is 0. The number of ether oxygens (including phenoxy) is 2. The predicted octanol–water partition coefficient (Wildman–Crippen LogP) is 7.21. The molecule has 160 valence electrons. The largest absolute Gasteiger partial charge is 0.497 e. The van der Waals surface area contributed by atoms with Crippen molar-refractivity contribution in [2.24, 2.45) is 0 Å². The van der Waals surface area contributed by atoms with E-state index >= 15 is 0 Å². The minimum Gasteiger partial charge on any atom is -0.497 e. The zero-order chi connectivity index (χ0) is 23.4. The molecule has 4 nitrogen and oxygen atoms in total. The Bertz CT molecular complexity index is 1770. The van der Waals surface area contributed by atoms with Gasteiger partial charge in [0.25, 0.3) is 0 Å². The molecule has 0 unspecified atom stereocenters. The molecule has 0 atom stereocenters. The standard InChI is InChI=1S/C30H18N2O2/c1-33-21-5-9-23-17(11-21)3-7-25-27-13-19(15-31)20(16-32)14-28(27)26-8-4-18-12-22(34-2)6-10-24(18)30(26)29(23)25/h3-14H,1-2H3. The van der Waals surface area contributed by atoms with E-state index in [1.807, 2.05) is 36.4 Å². The summed E-state index contributed by atoms with van der Waals surface area (Å²) in [5.74, 6) is 1.61. The van der Waals surface area contributed by atoms with E-state index in [2.05, 4.69) is 48.5 Å². The second kappa shape index (κ2) is 7.37. The van der Waals surface area contributed by atoms with Crippen molar-refractivity contribution in [3.05, 3.63) is 83.9 Å². The Kier molecular flexibility index (Phi) is 4.30. The number of benzene rings is 6. The Morgan fingerprint density at radius 3 is 1.29 bits per heavy atom. The molecule has 0 aliphatic carbocycles. The normalized spacial score (nSPS) is 11.2. The van der Waals surface area contributed by atoms with Crippen molar-refractivity contribution in [1.82, 2.24) is 0 Å². The van der Waals surface area contributed by atoms with Gasteiger partial charge in [-0.1, -0.05) is 36.4 Å². The molecule has 0 aromatic heterocycles. The van der Waals surface area contributed by atoms with Crippen LogP contribution in [-0.4, -0.2) is 14.2 Å². The summed E-state index contributed by atoms with van der Waals surface area (Å²) in [6.07, 6.45) is 0. The van der Waals surface area contributed by atoms with E-state index in [0.29, 0.717) is 11.1 Å². The molecule has 0 spiro atoms. The first kappa shape index (κ1) is 19.9. The van der Waals surface area contributed by atoms with Crippen LogP contribution in [0.2, 0.25) is 0 Å². The Hall–Kier alpha value is -4.80. The van der Waals surface area contributed by atoms with Crippen LogP contribution in [0.3, 0.4) is 0 Å². The summed E-state index contributed by atoms with van der Waals surface area (Å²) in [6, 6.07) is 28.7. The van der Waals surface area contributed by atoms with Gasteiger partial charge in [0.15, 0.2) is 0 Å². The van der Waals surface area contributed by atoms with Crippen molar-refractivity contribution in [3.8, 4) is 23.6 Å². The molecular weight excluding hydrogens is 420 g/mol. The lowest BCUT2D eigenvalue weighted by Gasteiger charge is -2.16. The van der Waals surface area contributed by atoms with E-state index in [9.17, 15) is 10.5 Å². The van der Waals surface area contributed by atoms with Gasteiger partial charge >= 0.3 is 0 Å². The lowest BCUT2D eigenvalue weighted by molar-refractivity contribution is 0.415. The fourth-order valence-electron chi connectivity index (χ4n) is 5.09. The van der Waals surface area contributed by atoms with Crippen molar-refractivity contribution >= 4 is 53.9 Å². The zero-order valence-electron chi connectivity index (χ0n) is 18.6. The molecule has 0 N–H and O–H groups in total. The molecule has 0 saturated carbocycles. The van der Waals surface area contributed by atoms with Crippen LogP contribution < -0.4 is 9.47 Å². The number of nitriles is 2. The molecular formula is C30H18N2O2. The van der Waals surface area contributed by atoms with Gasteiger partial charge in [-0.05, 0) is 90.3 Å². The van der Waals surface area contributed by atoms with Gasteiger partial charge in [0.05, 0.1) is 25.3 Å². The van der Waals surface area contributed by atoms with Crippen LogP contribution in [0.5, 0.6) is 11.5 Å². The minimum atomic E-state index is 0.385. The third-order valence-corrected chi connectivity index (χ3v) is 6.68. The molecule has 0 fully saturated rings. The maximum atomic E-state index is 9.69. The fourth-order valence-corrected chi connectivity index (χ4v) is 5.09. The molecule has 0 amide bonds. The summed E-state index contributed by atoms with van der Waals surface area (Å²) in [4.78, 5) is 0. The fraction of sp³-hybridized carbons (Fsp3) is 0.0667. The van der Waals surface area contributed by atoms with E-state index in [0.717, 1.165) is 65.4 Å². The van der Waals surface area contributed by atoms with Crippen LogP contribution in [-0.2, 0) is 0 Å². The highest BCUT2D eigenvalue weighted by Gasteiger charge is 2.16. The Balaban J connectivity index is 1.95. The van der Waals surface area contributed by atoms with Crippen LogP contribution in [0.4, 0.5) is 0 Å². The van der Waals surface area contributed by atoms with E-state index < -0.39 is 0 Å². The van der Waals surface area contributed by atoms with Gasteiger partial charge in [-0.3, -0.25) is 0 Å². The summed E-state index contributed by atoms with van der Waals surface area (Å²) in [6.45, 7) is 0. The Morgan fingerprint density at radius 1 is 0.500 bits per heavy atom. The number of hydrogen-bond acceptors (Lipinski definition) is 4. The van der Waals surface area contributed by atoms with E-state index in [4.69, 9.17) is 9.47 Å². The summed E-state index contributed by atoms with van der Waals surface area (Å²) in [7, 11) is 3.34. The quantitative estimate of drug-likeness (QED) is 0.268. The topological polar surface area (TPSA) is 66.0 Å². The molecule has 0 heterocycles. The molecule has 0 radical (unpaired) electrons. The number of fused-ring (bicyclic) bond motifs is 10. The summed E-state index contributed by atoms with van der Waals surface area (Å²) >= 11 is 0. The Labute approximate surface area is 195 Å². The van der Waals surface area contributed by atoms with Crippen molar-refractivity contribution in [1.29, 1.82) is 10.5 Å². The van der Waals surface area contributed by atoms with Gasteiger partial charge in [-0.15, -0.1) is 0 Å². The van der Waals surface area contributed by atoms with Crippen molar-refractivity contribution in [2.45, 2.75) is 0 Å². The van der Waals surface area contributed by atoms with E-state index in [-0.39, 0.29) is 0 Å². The van der Waals surface area contributed by atoms with Gasteiger partial charge in [0.2, 0.25) is 0 Å². The molecule has 0 saturated heterocycles. The van der Waals surface area contributed by atoms with Crippen molar-refractivity contribution in [3.63, 3.8) is 0 Å². The molecule has 0 bridgehead atoms. The highest BCUT2D eigenvalue weighted by atomic mass is 16.5. The van der Waals surface area contributed by atoms with Crippen molar-refractivity contribution in [2.75, 3.05) is 14.2 Å². The molecule has 6 aromatic rings. The SMILES string of the molecule is COc1ccc2c(ccc3c4cc(C#N)c(C#N)cc4c4ccc5cc(OC)ccc5c4c23)c1. The van der Waals surface area contributed by atoms with Gasteiger partial charge < -0.3 is 9.47 Å². The third-order valence-electron chi connectivity index (χ3n) is 6.68. The third kappa shape index (κ3) is 2.70. The van der Waals surface area contributed by atoms with Gasteiger partial charge in [-0.25, -0.2) is 0 Å². The highest BCUT2D eigenvalue weighted by Crippen LogP contribution is 2.43. The molecule has 6 aromatic carbocycles. The maximum absolute atomic E-state index is 9.69. The Morgan fingerprint density at radius 2 is 0.912 bits per heavy atom. The highest BCUT2D eigenvalue weighted by molar-refractivity contribution is 6.36. The number of rotatable bonds is 2. The van der Waals surface area contributed by atoms with E-state index in [1.165, 1.54) is 0 Å². The summed E-state index contributed by atoms with van der Waals surface area (Å²) in [5, 5.41) is 30.0. The monoisotopic (exact) mass is 438 g/mol. The first-order valence-electron chi connectivity index (χ1n) is 10.9. The van der Waals surface area contributed by atoms with E-state index in [1.54, 1.807) is 14.2 Å². The molecule has 0 aliphatic heterocycles. The van der Waals surface area contributed by atoms with Crippen molar-refractivity contribution < 1.29 is 9.47 Å². The molecule has 6 rings (SSSR count). The van der Waals surface area contributed by atoms with Gasteiger partial charge in [-0.2, -0.15) is 10.5 Å². The van der Waals surface area contributed by atoms with Gasteiger partial charge in [0, 0.05) is 0 Å². The van der Waals surface area contributed by atoms with Crippen LogP contribution >= 0.6 is 0 Å². The number of methoxy groups -OCH3 is 2. The summed E-state index contributed by atoms with van der Waals surface area (Å²) in [5.41, 5.74) is 0.770. The van der Waals surface area contributed by atoms with Gasteiger partial charge in [0.1, 0.15) is 23.6 Å². The molecule has 4 heteroatoms. The first-order valence-corrected chi connectivity index (χ1v) is 10.9. The maximum Gasteiger partial charge on any atom is 0.119 e. The second-order valence-corrected chi connectivity index (χ2v) is 8.32. The molecule has 34 heavy (non-hydrogen) atoms. The summed E-state index contributed by atoms with van der Waals surface area (Å²) < 4.78 is 10.9. The lowest BCUT2D eigenvalue weighted by atomic mass is 9.87. The second-order valence-electron chi connectivity index (χ2n) is 8.32. The first-order chi connectivity index (χ1) is 16.7. The van der Waals surface area contributed by atoms with Crippen LogP contribution in [0.15, 0.2) is 72.8 Å². The molecule has 0 aliphatic rings. The smallest absolute Gasteiger partial charge is 0.119 e. The zero-order valence-corrected chi connectivity index (χ0v) is 18.6. The lowest BCUT2D eigenvalue weighted by Crippen LogP contribution is -1.91. The minimum absolute atomic E-state index is 0.385. The van der Waals surface area contributed by atoms with Crippen LogP contribution in [0, 0.1) is 22.7 Å².